The third-order valence-corrected chi connectivity index (χ3v) is 12.1. The van der Waals surface area contributed by atoms with Gasteiger partial charge in [0.15, 0.2) is 0 Å². The van der Waals surface area contributed by atoms with Crippen molar-refractivity contribution in [2.45, 2.75) is 296 Å². The molecule has 4 N–H and O–H groups in total. The molecule has 0 rings (SSSR count). The topological polar surface area (TPSA) is 119 Å². The molecule has 0 fully saturated rings. The number of nitrogens with two attached hydrogens (primary N) is 1. The Balaban J connectivity index is 4.06. The van der Waals surface area contributed by atoms with E-state index < -0.39 is 12.0 Å². The summed E-state index contributed by atoms with van der Waals surface area (Å²) >= 11 is 0. The summed E-state index contributed by atoms with van der Waals surface area (Å²) in [6.45, 7) is 4.97. The smallest absolute Gasteiger partial charge is 0.326 e. The summed E-state index contributed by atoms with van der Waals surface area (Å²) in [5, 5.41) is 11.9. The average Bonchev–Trinajstić information content (AvgIpc) is 3.22. The van der Waals surface area contributed by atoms with Crippen LogP contribution in [0.15, 0.2) is 12.2 Å². The maximum Gasteiger partial charge on any atom is 0.326 e. The van der Waals surface area contributed by atoms with Crippen molar-refractivity contribution in [2.24, 2.45) is 5.73 Å². The van der Waals surface area contributed by atoms with Crippen LogP contribution in [0.2, 0.25) is 0 Å². The molecule has 1 amide bonds. The highest BCUT2D eigenvalue weighted by atomic mass is 16.5. The minimum absolute atomic E-state index is 0.0505. The lowest BCUT2D eigenvalue weighted by Crippen LogP contribution is -2.40. The third kappa shape index (κ3) is 44.0. The zero-order chi connectivity index (χ0) is 43.1. The average molecular weight is 833 g/mol. The number of unbranched alkanes of at least 4 members (excludes halogenated alkanes) is 34. The first-order valence-corrected chi connectivity index (χ1v) is 26.0. The molecule has 0 aliphatic carbocycles. The largest absolute Gasteiger partial charge is 0.480 e. The van der Waals surface area contributed by atoms with Crippen LogP contribution in [0, 0.1) is 0 Å². The highest BCUT2D eigenvalue weighted by molar-refractivity contribution is 5.83. The van der Waals surface area contributed by atoms with E-state index >= 15 is 0 Å². The van der Waals surface area contributed by atoms with Crippen LogP contribution in [0.3, 0.4) is 0 Å². The zero-order valence-electron chi connectivity index (χ0n) is 39.4. The van der Waals surface area contributed by atoms with E-state index in [1.807, 2.05) is 0 Å². The van der Waals surface area contributed by atoms with Crippen molar-refractivity contribution in [3.8, 4) is 0 Å². The standard InChI is InChI=1S/C52H100N2O5/c1-3-5-7-9-11-13-14-15-16-17-18-19-20-21-22-23-24-25-26-28-30-36-40-46-51(56)59-48(42-37-33-29-27-12-10-8-6-4-2)43-38-34-31-32-35-39-45-50(55)54-49(52(57)58)44-41-47-53/h37,42,48-49H,3-36,38-41,43-47,53H2,1-2H3,(H,54,55)(H,57,58)/b42-37-. The van der Waals surface area contributed by atoms with Crippen LogP contribution in [-0.2, 0) is 19.1 Å². The Morgan fingerprint density at radius 1 is 0.492 bits per heavy atom. The molecule has 0 aliphatic rings. The molecule has 7 heteroatoms. The summed E-state index contributed by atoms with van der Waals surface area (Å²) in [5.74, 6) is -1.25. The van der Waals surface area contributed by atoms with Gasteiger partial charge in [-0.2, -0.15) is 0 Å². The lowest BCUT2D eigenvalue weighted by Gasteiger charge is -2.15. The highest BCUT2D eigenvalue weighted by Crippen LogP contribution is 2.18. The molecule has 0 aromatic heterocycles. The summed E-state index contributed by atoms with van der Waals surface area (Å²) in [4.78, 5) is 36.4. The molecule has 348 valence electrons. The number of carboxylic acid groups (broad SMARTS) is 1. The molecule has 0 saturated carbocycles. The SMILES string of the molecule is CCCCCCCCC/C=C\C(CCCCCCCCC(=O)NC(CCCN)C(=O)O)OC(=O)CCCCCCCCCCCCCCCCCCCCCCCCC. The van der Waals surface area contributed by atoms with Gasteiger partial charge < -0.3 is 20.9 Å². The van der Waals surface area contributed by atoms with Gasteiger partial charge in [-0.05, 0) is 64.0 Å². The van der Waals surface area contributed by atoms with Crippen LogP contribution in [0.1, 0.15) is 284 Å². The summed E-state index contributed by atoms with van der Waals surface area (Å²) in [5.41, 5.74) is 5.49. The molecule has 7 nitrogen and oxygen atoms in total. The number of allylic oxidation sites excluding steroid dienone is 1. The van der Waals surface area contributed by atoms with E-state index in [0.29, 0.717) is 32.2 Å². The van der Waals surface area contributed by atoms with Gasteiger partial charge in [0, 0.05) is 12.8 Å². The molecule has 0 aromatic rings. The maximum atomic E-state index is 12.8. The predicted molar refractivity (Wildman–Crippen MR) is 253 cm³/mol. The van der Waals surface area contributed by atoms with Crippen LogP contribution in [0.5, 0.6) is 0 Å². The van der Waals surface area contributed by atoms with E-state index in [0.717, 1.165) is 64.2 Å². The number of amides is 1. The van der Waals surface area contributed by atoms with Crippen molar-refractivity contribution in [3.05, 3.63) is 12.2 Å². The molecule has 0 aromatic carbocycles. The molecule has 2 unspecified atom stereocenters. The number of hydrogen-bond acceptors (Lipinski definition) is 5. The number of carbonyl (C=O) groups excluding carboxylic acids is 2. The van der Waals surface area contributed by atoms with Gasteiger partial charge in [-0.3, -0.25) is 9.59 Å². The fourth-order valence-corrected chi connectivity index (χ4v) is 8.13. The second kappa shape index (κ2) is 47.2. The van der Waals surface area contributed by atoms with Crippen molar-refractivity contribution in [2.75, 3.05) is 6.54 Å². The monoisotopic (exact) mass is 833 g/mol. The molecular weight excluding hydrogens is 733 g/mol. The van der Waals surface area contributed by atoms with Crippen LogP contribution in [-0.4, -0.2) is 41.6 Å². The summed E-state index contributed by atoms with van der Waals surface area (Å²) in [7, 11) is 0. The van der Waals surface area contributed by atoms with Gasteiger partial charge >= 0.3 is 11.9 Å². The fourth-order valence-electron chi connectivity index (χ4n) is 8.13. The van der Waals surface area contributed by atoms with Crippen LogP contribution in [0.25, 0.3) is 0 Å². The van der Waals surface area contributed by atoms with Gasteiger partial charge in [-0.15, -0.1) is 0 Å². The number of nitrogens with one attached hydrogen (secondary N) is 1. The van der Waals surface area contributed by atoms with Gasteiger partial charge in [0.1, 0.15) is 12.1 Å². The number of carboxylic acids is 1. The Hall–Kier alpha value is -1.89. The molecule has 0 bridgehead atoms. The molecule has 0 radical (unpaired) electrons. The maximum absolute atomic E-state index is 12.8. The number of carbonyl (C=O) groups is 3. The zero-order valence-corrected chi connectivity index (χ0v) is 39.4. The Morgan fingerprint density at radius 3 is 1.27 bits per heavy atom. The van der Waals surface area contributed by atoms with Crippen molar-refractivity contribution in [3.63, 3.8) is 0 Å². The fraction of sp³-hybridized carbons (Fsp3) is 0.904. The minimum atomic E-state index is -1.00. The van der Waals surface area contributed by atoms with E-state index in [1.165, 1.54) is 180 Å². The molecule has 0 spiro atoms. The number of rotatable bonds is 48. The number of hydrogen-bond donors (Lipinski definition) is 3. The van der Waals surface area contributed by atoms with E-state index in [-0.39, 0.29) is 18.0 Å². The van der Waals surface area contributed by atoms with Crippen LogP contribution < -0.4 is 11.1 Å². The van der Waals surface area contributed by atoms with Crippen molar-refractivity contribution in [1.82, 2.24) is 5.32 Å². The number of ether oxygens (including phenoxy) is 1. The normalized spacial score (nSPS) is 12.6. The first-order valence-electron chi connectivity index (χ1n) is 26.0. The summed E-state index contributed by atoms with van der Waals surface area (Å²) in [6.07, 6.45) is 54.5. The summed E-state index contributed by atoms with van der Waals surface area (Å²) < 4.78 is 6.00. The quantitative estimate of drug-likeness (QED) is 0.0319. The van der Waals surface area contributed by atoms with Crippen molar-refractivity contribution >= 4 is 17.8 Å². The van der Waals surface area contributed by atoms with Crippen LogP contribution in [0.4, 0.5) is 0 Å². The Kier molecular flexibility index (Phi) is 45.7. The van der Waals surface area contributed by atoms with Crippen LogP contribution >= 0.6 is 0 Å². The molecular formula is C52H100N2O5. The molecule has 2 atom stereocenters. The summed E-state index contributed by atoms with van der Waals surface area (Å²) in [6, 6.07) is -0.851. The molecule has 0 heterocycles. The van der Waals surface area contributed by atoms with E-state index in [2.05, 4.69) is 31.3 Å². The van der Waals surface area contributed by atoms with Gasteiger partial charge in [-0.1, -0.05) is 225 Å². The third-order valence-electron chi connectivity index (χ3n) is 12.1. The lowest BCUT2D eigenvalue weighted by atomic mass is 10.0. The molecule has 59 heavy (non-hydrogen) atoms. The molecule has 0 saturated heterocycles. The van der Waals surface area contributed by atoms with Gasteiger partial charge in [-0.25, -0.2) is 4.79 Å². The Labute approximate surface area is 366 Å². The van der Waals surface area contributed by atoms with E-state index in [1.54, 1.807) is 0 Å². The predicted octanol–water partition coefficient (Wildman–Crippen LogP) is 15.4. The Morgan fingerprint density at radius 2 is 0.864 bits per heavy atom. The second-order valence-corrected chi connectivity index (χ2v) is 17.9. The number of esters is 1. The van der Waals surface area contributed by atoms with E-state index in [9.17, 15) is 19.5 Å². The van der Waals surface area contributed by atoms with Gasteiger partial charge in [0.05, 0.1) is 0 Å². The second-order valence-electron chi connectivity index (χ2n) is 17.9. The number of aliphatic carboxylic acids is 1. The minimum Gasteiger partial charge on any atom is -0.480 e. The highest BCUT2D eigenvalue weighted by Gasteiger charge is 2.19. The first kappa shape index (κ1) is 57.1. The Bertz CT molecular complexity index is 940. The lowest BCUT2D eigenvalue weighted by molar-refractivity contribution is -0.147. The molecule has 0 aliphatic heterocycles. The van der Waals surface area contributed by atoms with E-state index in [4.69, 9.17) is 10.5 Å². The van der Waals surface area contributed by atoms with Crippen molar-refractivity contribution < 1.29 is 24.2 Å². The van der Waals surface area contributed by atoms with Gasteiger partial charge in [0.2, 0.25) is 5.91 Å². The van der Waals surface area contributed by atoms with Crippen molar-refractivity contribution in [1.29, 1.82) is 0 Å². The van der Waals surface area contributed by atoms with Gasteiger partial charge in [0.25, 0.3) is 0 Å². The first-order chi connectivity index (χ1) is 28.9.